The standard InChI is InChI=1S/C14H18N2O/c17-13(8-11-2-1-5-16-10-11)12-9-14(12)3-6-15-7-4-14/h1-2,5,10,12,15H,3-4,6-9H2. The van der Waals surface area contributed by atoms with Crippen LogP contribution in [0.4, 0.5) is 0 Å². The number of hydrogen-bond donors (Lipinski definition) is 1. The second-order valence-electron chi connectivity index (χ2n) is 5.37. The average Bonchev–Trinajstić information content (AvgIpc) is 3.05. The van der Waals surface area contributed by atoms with Crippen LogP contribution in [0.25, 0.3) is 0 Å². The van der Waals surface area contributed by atoms with Gasteiger partial charge >= 0.3 is 0 Å². The zero-order valence-electron chi connectivity index (χ0n) is 9.98. The molecule has 2 heterocycles. The van der Waals surface area contributed by atoms with Crippen molar-refractivity contribution in [1.82, 2.24) is 10.3 Å². The summed E-state index contributed by atoms with van der Waals surface area (Å²) in [7, 11) is 0. The molecule has 3 rings (SSSR count). The topological polar surface area (TPSA) is 42.0 Å². The maximum atomic E-state index is 12.2. The zero-order valence-corrected chi connectivity index (χ0v) is 9.98. The molecule has 0 aromatic carbocycles. The minimum Gasteiger partial charge on any atom is -0.317 e. The molecule has 0 radical (unpaired) electrons. The third kappa shape index (κ3) is 2.12. The first-order chi connectivity index (χ1) is 8.30. The van der Waals surface area contributed by atoms with Crippen molar-refractivity contribution in [2.24, 2.45) is 11.3 Å². The first kappa shape index (κ1) is 10.9. The molecule has 1 saturated carbocycles. The number of nitrogens with zero attached hydrogens (tertiary/aromatic N) is 1. The van der Waals surface area contributed by atoms with E-state index >= 15 is 0 Å². The molecule has 0 bridgehead atoms. The normalized spacial score (nSPS) is 25.8. The summed E-state index contributed by atoms with van der Waals surface area (Å²) in [6, 6.07) is 3.89. The summed E-state index contributed by atoms with van der Waals surface area (Å²) >= 11 is 0. The number of ketones is 1. The quantitative estimate of drug-likeness (QED) is 0.857. The first-order valence-corrected chi connectivity index (χ1v) is 6.43. The van der Waals surface area contributed by atoms with Gasteiger partial charge < -0.3 is 5.32 Å². The Balaban J connectivity index is 1.61. The van der Waals surface area contributed by atoms with Gasteiger partial charge in [0.15, 0.2) is 0 Å². The van der Waals surface area contributed by atoms with Crippen molar-refractivity contribution in [3.8, 4) is 0 Å². The van der Waals surface area contributed by atoms with Gasteiger partial charge in [-0.05, 0) is 49.4 Å². The molecule has 1 spiro atoms. The highest BCUT2D eigenvalue weighted by molar-refractivity contribution is 5.86. The van der Waals surface area contributed by atoms with Crippen molar-refractivity contribution >= 4 is 5.78 Å². The summed E-state index contributed by atoms with van der Waals surface area (Å²) in [5, 5.41) is 3.37. The fourth-order valence-electron chi connectivity index (χ4n) is 3.11. The Morgan fingerprint density at radius 1 is 1.47 bits per heavy atom. The molecular weight excluding hydrogens is 212 g/mol. The van der Waals surface area contributed by atoms with Crippen molar-refractivity contribution < 1.29 is 4.79 Å². The molecule has 1 aliphatic heterocycles. The molecule has 17 heavy (non-hydrogen) atoms. The van der Waals surface area contributed by atoms with E-state index in [-0.39, 0.29) is 0 Å². The predicted octanol–water partition coefficient (Wildman–Crippen LogP) is 1.58. The third-order valence-electron chi connectivity index (χ3n) is 4.28. The molecule has 1 saturated heterocycles. The van der Waals surface area contributed by atoms with Gasteiger partial charge in [-0.2, -0.15) is 0 Å². The van der Waals surface area contributed by atoms with Gasteiger partial charge in [-0.15, -0.1) is 0 Å². The molecule has 1 atom stereocenters. The van der Waals surface area contributed by atoms with Crippen LogP contribution < -0.4 is 5.32 Å². The lowest BCUT2D eigenvalue weighted by atomic mass is 9.90. The monoisotopic (exact) mass is 230 g/mol. The van der Waals surface area contributed by atoms with E-state index in [1.165, 1.54) is 12.8 Å². The second-order valence-corrected chi connectivity index (χ2v) is 5.37. The van der Waals surface area contributed by atoms with Gasteiger partial charge in [0.25, 0.3) is 0 Å². The molecule has 3 nitrogen and oxygen atoms in total. The van der Waals surface area contributed by atoms with Crippen LogP contribution in [0.1, 0.15) is 24.8 Å². The highest BCUT2D eigenvalue weighted by Crippen LogP contribution is 2.59. The van der Waals surface area contributed by atoms with Crippen LogP contribution in [0.2, 0.25) is 0 Å². The van der Waals surface area contributed by atoms with Gasteiger partial charge in [0, 0.05) is 24.7 Å². The summed E-state index contributed by atoms with van der Waals surface area (Å²) < 4.78 is 0. The molecule has 90 valence electrons. The molecule has 1 unspecified atom stereocenters. The van der Waals surface area contributed by atoms with Gasteiger partial charge in [-0.25, -0.2) is 0 Å². The van der Waals surface area contributed by atoms with Crippen molar-refractivity contribution in [2.45, 2.75) is 25.7 Å². The number of hydrogen-bond acceptors (Lipinski definition) is 3. The summed E-state index contributed by atoms with van der Waals surface area (Å²) in [5.41, 5.74) is 1.42. The number of piperidine rings is 1. The SMILES string of the molecule is O=C(Cc1cccnc1)C1CC12CCNCC2. The number of carbonyl (C=O) groups is 1. The summed E-state index contributed by atoms with van der Waals surface area (Å²) in [4.78, 5) is 16.3. The molecule has 1 aliphatic carbocycles. The van der Waals surface area contributed by atoms with E-state index in [9.17, 15) is 4.79 Å². The summed E-state index contributed by atoms with van der Waals surface area (Å²) in [6.07, 6.45) is 7.59. The van der Waals surface area contributed by atoms with Gasteiger partial charge in [0.05, 0.1) is 0 Å². The number of pyridine rings is 1. The number of Topliss-reactive ketones (excluding diaryl/α,β-unsaturated/α-hetero) is 1. The van der Waals surface area contributed by atoms with Crippen molar-refractivity contribution in [2.75, 3.05) is 13.1 Å². The number of aromatic nitrogens is 1. The van der Waals surface area contributed by atoms with Gasteiger partial charge in [-0.3, -0.25) is 9.78 Å². The molecule has 1 N–H and O–H groups in total. The smallest absolute Gasteiger partial charge is 0.140 e. The van der Waals surface area contributed by atoms with Gasteiger partial charge in [0.2, 0.25) is 0 Å². The minimum atomic E-state index is 0.324. The fraction of sp³-hybridized carbons (Fsp3) is 0.571. The molecule has 1 aromatic heterocycles. The van der Waals surface area contributed by atoms with Crippen LogP contribution in [-0.2, 0) is 11.2 Å². The van der Waals surface area contributed by atoms with Crippen LogP contribution in [0.3, 0.4) is 0 Å². The molecule has 3 heteroatoms. The number of carbonyl (C=O) groups excluding carboxylic acids is 1. The Morgan fingerprint density at radius 2 is 2.29 bits per heavy atom. The Morgan fingerprint density at radius 3 is 3.00 bits per heavy atom. The fourth-order valence-corrected chi connectivity index (χ4v) is 3.11. The van der Waals surface area contributed by atoms with Crippen molar-refractivity contribution in [3.05, 3.63) is 30.1 Å². The Labute approximate surface area is 102 Å². The van der Waals surface area contributed by atoms with Crippen molar-refractivity contribution in [3.63, 3.8) is 0 Å². The highest BCUT2D eigenvalue weighted by atomic mass is 16.1. The van der Waals surface area contributed by atoms with Crippen molar-refractivity contribution in [1.29, 1.82) is 0 Å². The maximum absolute atomic E-state index is 12.2. The first-order valence-electron chi connectivity index (χ1n) is 6.43. The Kier molecular flexibility index (Phi) is 2.71. The summed E-state index contributed by atoms with van der Waals surface area (Å²) in [5.74, 6) is 0.740. The molecular formula is C14H18N2O. The number of nitrogens with one attached hydrogen (secondary N) is 1. The Bertz CT molecular complexity index is 409. The van der Waals surface area contributed by atoms with E-state index in [0.29, 0.717) is 23.5 Å². The largest absolute Gasteiger partial charge is 0.317 e. The van der Waals surface area contributed by atoms with Crippen LogP contribution in [-0.4, -0.2) is 23.9 Å². The van der Waals surface area contributed by atoms with Crippen LogP contribution in [0, 0.1) is 11.3 Å². The van der Waals surface area contributed by atoms with E-state index < -0.39 is 0 Å². The van der Waals surface area contributed by atoms with E-state index in [0.717, 1.165) is 25.1 Å². The maximum Gasteiger partial charge on any atom is 0.140 e. The lowest BCUT2D eigenvalue weighted by Gasteiger charge is -2.23. The predicted molar refractivity (Wildman–Crippen MR) is 65.6 cm³/mol. The summed E-state index contributed by atoms with van der Waals surface area (Å²) in [6.45, 7) is 2.16. The van der Waals surface area contributed by atoms with Crippen LogP contribution in [0.5, 0.6) is 0 Å². The van der Waals surface area contributed by atoms with E-state index in [2.05, 4.69) is 10.3 Å². The van der Waals surface area contributed by atoms with Crippen LogP contribution in [0.15, 0.2) is 24.5 Å². The lowest BCUT2D eigenvalue weighted by molar-refractivity contribution is -0.120. The average molecular weight is 230 g/mol. The zero-order chi connectivity index (χ0) is 11.7. The Hall–Kier alpha value is -1.22. The van der Waals surface area contributed by atoms with E-state index in [4.69, 9.17) is 0 Å². The lowest BCUT2D eigenvalue weighted by Crippen LogP contribution is -2.30. The highest BCUT2D eigenvalue weighted by Gasteiger charge is 2.56. The third-order valence-corrected chi connectivity index (χ3v) is 4.28. The van der Waals surface area contributed by atoms with Crippen LogP contribution >= 0.6 is 0 Å². The number of rotatable bonds is 3. The molecule has 2 fully saturated rings. The van der Waals surface area contributed by atoms with Gasteiger partial charge in [0.1, 0.15) is 5.78 Å². The van der Waals surface area contributed by atoms with E-state index in [1.54, 1.807) is 12.4 Å². The minimum absolute atomic E-state index is 0.324. The second kappa shape index (κ2) is 4.22. The van der Waals surface area contributed by atoms with Gasteiger partial charge in [-0.1, -0.05) is 6.07 Å². The molecule has 2 aliphatic rings. The van der Waals surface area contributed by atoms with E-state index in [1.807, 2.05) is 12.1 Å². The molecule has 1 aromatic rings. The molecule has 0 amide bonds.